The van der Waals surface area contributed by atoms with Crippen LogP contribution in [0.1, 0.15) is 31.0 Å². The second-order valence-corrected chi connectivity index (χ2v) is 6.17. The predicted octanol–water partition coefficient (Wildman–Crippen LogP) is 5.13. The molecule has 0 fully saturated rings. The maximum atomic E-state index is 13.3. The highest BCUT2D eigenvalue weighted by Crippen LogP contribution is 2.35. The van der Waals surface area contributed by atoms with Crippen LogP contribution in [0.25, 0.3) is 22.7 Å². The molecule has 0 unspecified atom stereocenters. The first-order chi connectivity index (χ1) is 11.5. The van der Waals surface area contributed by atoms with Gasteiger partial charge in [0.25, 0.3) is 0 Å². The number of carbonyl (C=O) groups excluding carboxylic acids is 1. The summed E-state index contributed by atoms with van der Waals surface area (Å²) < 4.78 is 15.0. The van der Waals surface area contributed by atoms with E-state index in [9.17, 15) is 9.18 Å². The SMILES string of the molecule is CC(C)c1nn2c(Cl)ccc2c(-c2ccc(F)cc2)c1/C=C/C=O. The summed E-state index contributed by atoms with van der Waals surface area (Å²) in [5.74, 6) is -0.176. The molecular weight excluding hydrogens is 327 g/mol. The number of fused-ring (bicyclic) bond motifs is 1. The van der Waals surface area contributed by atoms with E-state index in [0.29, 0.717) is 5.15 Å². The lowest BCUT2D eigenvalue weighted by Gasteiger charge is -2.16. The first kappa shape index (κ1) is 16.4. The van der Waals surface area contributed by atoms with E-state index in [0.717, 1.165) is 34.2 Å². The average Bonchev–Trinajstić information content (AvgIpc) is 2.93. The molecule has 0 amide bonds. The lowest BCUT2D eigenvalue weighted by molar-refractivity contribution is -0.104. The molecule has 0 aliphatic carbocycles. The minimum Gasteiger partial charge on any atom is -0.299 e. The van der Waals surface area contributed by atoms with Gasteiger partial charge in [0.05, 0.1) is 11.2 Å². The highest BCUT2D eigenvalue weighted by atomic mass is 35.5. The van der Waals surface area contributed by atoms with E-state index in [1.807, 2.05) is 19.9 Å². The van der Waals surface area contributed by atoms with Gasteiger partial charge in [0, 0.05) is 11.1 Å². The molecular formula is C19H16ClFN2O. The molecule has 0 bridgehead atoms. The lowest BCUT2D eigenvalue weighted by Crippen LogP contribution is -2.06. The number of aromatic nitrogens is 2. The van der Waals surface area contributed by atoms with E-state index < -0.39 is 0 Å². The van der Waals surface area contributed by atoms with Crippen LogP contribution in [0.4, 0.5) is 4.39 Å². The Kier molecular flexibility index (Phi) is 4.49. The van der Waals surface area contributed by atoms with Gasteiger partial charge in [-0.15, -0.1) is 0 Å². The highest BCUT2D eigenvalue weighted by molar-refractivity contribution is 6.30. The summed E-state index contributed by atoms with van der Waals surface area (Å²) in [6.07, 6.45) is 3.92. The zero-order valence-electron chi connectivity index (χ0n) is 13.3. The van der Waals surface area contributed by atoms with Crippen LogP contribution in [-0.4, -0.2) is 15.9 Å². The molecule has 0 spiro atoms. The highest BCUT2D eigenvalue weighted by Gasteiger charge is 2.18. The van der Waals surface area contributed by atoms with Crippen molar-refractivity contribution in [1.29, 1.82) is 0 Å². The number of allylic oxidation sites excluding steroid dienone is 1. The standard InChI is InChI=1S/C19H16ClFN2O/c1-12(2)19-15(4-3-11-24)18(13-5-7-14(21)8-6-13)16-9-10-17(20)23(16)22-19/h3-12H,1-2H3/b4-3+. The molecule has 0 aliphatic heterocycles. The van der Waals surface area contributed by atoms with Gasteiger partial charge in [-0.3, -0.25) is 4.79 Å². The summed E-state index contributed by atoms with van der Waals surface area (Å²) in [4.78, 5) is 10.8. The Balaban J connectivity index is 2.43. The molecule has 1 aromatic carbocycles. The second kappa shape index (κ2) is 6.57. The molecule has 0 saturated carbocycles. The van der Waals surface area contributed by atoms with Crippen molar-refractivity contribution in [2.75, 3.05) is 0 Å². The van der Waals surface area contributed by atoms with Gasteiger partial charge in [-0.2, -0.15) is 5.10 Å². The van der Waals surface area contributed by atoms with Gasteiger partial charge >= 0.3 is 0 Å². The molecule has 0 aliphatic rings. The molecule has 3 aromatic rings. The number of benzene rings is 1. The molecule has 0 saturated heterocycles. The van der Waals surface area contributed by atoms with Crippen molar-refractivity contribution in [3.05, 3.63) is 64.7 Å². The molecule has 3 rings (SSSR count). The Labute approximate surface area is 144 Å². The van der Waals surface area contributed by atoms with Crippen LogP contribution in [0.2, 0.25) is 5.15 Å². The van der Waals surface area contributed by atoms with Gasteiger partial charge in [-0.25, -0.2) is 8.91 Å². The molecule has 24 heavy (non-hydrogen) atoms. The average molecular weight is 343 g/mol. The second-order valence-electron chi connectivity index (χ2n) is 5.78. The first-order valence-corrected chi connectivity index (χ1v) is 7.99. The Hall–Kier alpha value is -2.46. The van der Waals surface area contributed by atoms with Crippen LogP contribution >= 0.6 is 11.6 Å². The van der Waals surface area contributed by atoms with E-state index >= 15 is 0 Å². The maximum absolute atomic E-state index is 13.3. The van der Waals surface area contributed by atoms with Crippen molar-refractivity contribution in [3.8, 4) is 11.1 Å². The van der Waals surface area contributed by atoms with Crippen LogP contribution < -0.4 is 0 Å². The molecule has 5 heteroatoms. The van der Waals surface area contributed by atoms with Crippen molar-refractivity contribution in [2.24, 2.45) is 0 Å². The van der Waals surface area contributed by atoms with Gasteiger partial charge in [-0.1, -0.05) is 37.6 Å². The fourth-order valence-corrected chi connectivity index (χ4v) is 2.96. The van der Waals surface area contributed by atoms with E-state index in [4.69, 9.17) is 11.6 Å². The minimum atomic E-state index is -0.300. The monoisotopic (exact) mass is 342 g/mol. The van der Waals surface area contributed by atoms with Gasteiger partial charge < -0.3 is 0 Å². The number of nitrogens with zero attached hydrogens (tertiary/aromatic N) is 2. The van der Waals surface area contributed by atoms with E-state index in [-0.39, 0.29) is 11.7 Å². The van der Waals surface area contributed by atoms with Crippen LogP contribution in [-0.2, 0) is 4.79 Å². The molecule has 3 nitrogen and oxygen atoms in total. The number of hydrogen-bond donors (Lipinski definition) is 0. The third kappa shape index (κ3) is 2.85. The number of aldehydes is 1. The number of hydrogen-bond acceptors (Lipinski definition) is 2. The third-order valence-electron chi connectivity index (χ3n) is 3.84. The summed E-state index contributed by atoms with van der Waals surface area (Å²) in [5, 5.41) is 5.14. The van der Waals surface area contributed by atoms with E-state index in [1.165, 1.54) is 18.2 Å². The topological polar surface area (TPSA) is 34.4 Å². The summed E-state index contributed by atoms with van der Waals surface area (Å²) in [5.41, 5.74) is 4.18. The summed E-state index contributed by atoms with van der Waals surface area (Å²) in [6, 6.07) is 9.91. The predicted molar refractivity (Wildman–Crippen MR) is 94.8 cm³/mol. The van der Waals surface area contributed by atoms with Gasteiger partial charge in [0.1, 0.15) is 17.3 Å². The van der Waals surface area contributed by atoms with Crippen LogP contribution in [0.3, 0.4) is 0 Å². The summed E-state index contributed by atoms with van der Waals surface area (Å²) in [7, 11) is 0. The normalized spacial score (nSPS) is 11.7. The van der Waals surface area contributed by atoms with Gasteiger partial charge in [-0.05, 0) is 47.9 Å². The molecule has 2 heterocycles. The van der Waals surface area contributed by atoms with Crippen LogP contribution in [0.5, 0.6) is 0 Å². The Morgan fingerprint density at radius 3 is 2.50 bits per heavy atom. The van der Waals surface area contributed by atoms with Crippen molar-refractivity contribution >= 4 is 29.5 Å². The van der Waals surface area contributed by atoms with Gasteiger partial charge in [0.2, 0.25) is 0 Å². The lowest BCUT2D eigenvalue weighted by atomic mass is 9.94. The van der Waals surface area contributed by atoms with E-state index in [1.54, 1.807) is 28.8 Å². The molecule has 0 N–H and O–H groups in total. The fraction of sp³-hybridized carbons (Fsp3) is 0.158. The molecule has 0 atom stereocenters. The van der Waals surface area contributed by atoms with Crippen molar-refractivity contribution < 1.29 is 9.18 Å². The van der Waals surface area contributed by atoms with Crippen molar-refractivity contribution in [2.45, 2.75) is 19.8 Å². The smallest absolute Gasteiger partial charge is 0.142 e. The first-order valence-electron chi connectivity index (χ1n) is 7.62. The Morgan fingerprint density at radius 1 is 1.17 bits per heavy atom. The van der Waals surface area contributed by atoms with Gasteiger partial charge in [0.15, 0.2) is 0 Å². The molecule has 0 radical (unpaired) electrons. The Morgan fingerprint density at radius 2 is 1.88 bits per heavy atom. The zero-order valence-corrected chi connectivity index (χ0v) is 14.1. The maximum Gasteiger partial charge on any atom is 0.142 e. The summed E-state index contributed by atoms with van der Waals surface area (Å²) >= 11 is 6.26. The summed E-state index contributed by atoms with van der Waals surface area (Å²) in [6.45, 7) is 4.05. The third-order valence-corrected chi connectivity index (χ3v) is 4.13. The van der Waals surface area contributed by atoms with E-state index in [2.05, 4.69) is 5.10 Å². The van der Waals surface area contributed by atoms with Crippen LogP contribution in [0, 0.1) is 5.82 Å². The van der Waals surface area contributed by atoms with Crippen molar-refractivity contribution in [3.63, 3.8) is 0 Å². The number of halogens is 2. The molecule has 122 valence electrons. The zero-order chi connectivity index (χ0) is 17.3. The minimum absolute atomic E-state index is 0.123. The van der Waals surface area contributed by atoms with Crippen LogP contribution in [0.15, 0.2) is 42.5 Å². The van der Waals surface area contributed by atoms with Crippen molar-refractivity contribution in [1.82, 2.24) is 9.61 Å². The fourth-order valence-electron chi connectivity index (χ4n) is 2.77. The quantitative estimate of drug-likeness (QED) is 0.486. The largest absolute Gasteiger partial charge is 0.299 e. The number of rotatable bonds is 4. The molecule has 2 aromatic heterocycles. The Bertz CT molecular complexity index is 927. The number of carbonyl (C=O) groups is 1.